The first kappa shape index (κ1) is 13.8. The molecule has 1 saturated carbocycles. The third-order valence-electron chi connectivity index (χ3n) is 3.63. The standard InChI is InChI=1S/C13H22ClN3O/c1-3-11-13(14)12(17(4-2)16-11)8-15-7-9-5-10(18)6-9/h9-10,15,18H,3-8H2,1-2H3. The zero-order chi connectivity index (χ0) is 13.1. The van der Waals surface area contributed by atoms with Crippen molar-refractivity contribution < 1.29 is 5.11 Å². The molecule has 0 saturated heterocycles. The van der Waals surface area contributed by atoms with Crippen LogP contribution in [0.1, 0.15) is 38.1 Å². The Labute approximate surface area is 113 Å². The van der Waals surface area contributed by atoms with Crippen LogP contribution in [0.25, 0.3) is 0 Å². The average molecular weight is 272 g/mol. The van der Waals surface area contributed by atoms with Gasteiger partial charge in [0, 0.05) is 13.1 Å². The lowest BCUT2D eigenvalue weighted by molar-refractivity contribution is 0.0429. The number of hydrogen-bond acceptors (Lipinski definition) is 3. The smallest absolute Gasteiger partial charge is 0.0863 e. The lowest BCUT2D eigenvalue weighted by atomic mass is 9.82. The molecule has 0 radical (unpaired) electrons. The molecule has 1 fully saturated rings. The first-order valence-electron chi connectivity index (χ1n) is 6.78. The van der Waals surface area contributed by atoms with Gasteiger partial charge in [-0.2, -0.15) is 5.10 Å². The minimum absolute atomic E-state index is 0.0757. The van der Waals surface area contributed by atoms with Crippen molar-refractivity contribution in [1.82, 2.24) is 15.1 Å². The molecule has 102 valence electrons. The number of hydrogen-bond donors (Lipinski definition) is 2. The fraction of sp³-hybridized carbons (Fsp3) is 0.769. The molecule has 0 aliphatic heterocycles. The van der Waals surface area contributed by atoms with Gasteiger partial charge in [-0.25, -0.2) is 0 Å². The molecule has 0 spiro atoms. The molecule has 1 aliphatic carbocycles. The summed E-state index contributed by atoms with van der Waals surface area (Å²) in [6.07, 6.45) is 2.64. The van der Waals surface area contributed by atoms with Crippen molar-refractivity contribution in [1.29, 1.82) is 0 Å². The van der Waals surface area contributed by atoms with E-state index in [1.54, 1.807) is 0 Å². The van der Waals surface area contributed by atoms with Crippen LogP contribution in [0, 0.1) is 5.92 Å². The van der Waals surface area contributed by atoms with Crippen LogP contribution in [0.5, 0.6) is 0 Å². The number of aryl methyl sites for hydroxylation is 2. The minimum atomic E-state index is -0.0757. The number of nitrogens with one attached hydrogen (secondary N) is 1. The normalized spacial score (nSPS) is 23.1. The van der Waals surface area contributed by atoms with Crippen LogP contribution in [0.2, 0.25) is 5.02 Å². The molecule has 1 aromatic rings. The Morgan fingerprint density at radius 3 is 2.72 bits per heavy atom. The van der Waals surface area contributed by atoms with Crippen molar-refractivity contribution in [3.05, 3.63) is 16.4 Å². The quantitative estimate of drug-likeness (QED) is 0.832. The van der Waals surface area contributed by atoms with Crippen LogP contribution in [-0.4, -0.2) is 27.5 Å². The molecule has 0 amide bonds. The van der Waals surface area contributed by atoms with Crippen molar-refractivity contribution in [2.75, 3.05) is 6.54 Å². The average Bonchev–Trinajstić information content (AvgIpc) is 2.63. The molecule has 5 heteroatoms. The van der Waals surface area contributed by atoms with Gasteiger partial charge in [-0.15, -0.1) is 0 Å². The highest BCUT2D eigenvalue weighted by Gasteiger charge is 2.26. The van der Waals surface area contributed by atoms with Gasteiger partial charge >= 0.3 is 0 Å². The van der Waals surface area contributed by atoms with E-state index < -0.39 is 0 Å². The number of halogens is 1. The van der Waals surface area contributed by atoms with E-state index in [0.29, 0.717) is 5.92 Å². The number of aliphatic hydroxyl groups is 1. The SMILES string of the molecule is CCc1nn(CC)c(CNCC2CC(O)C2)c1Cl. The summed E-state index contributed by atoms with van der Waals surface area (Å²) in [5.74, 6) is 0.613. The molecule has 0 bridgehead atoms. The van der Waals surface area contributed by atoms with E-state index in [0.717, 1.165) is 55.3 Å². The third kappa shape index (κ3) is 2.87. The summed E-state index contributed by atoms with van der Waals surface area (Å²) >= 11 is 6.33. The number of nitrogens with zero attached hydrogens (tertiary/aromatic N) is 2. The molecule has 1 aromatic heterocycles. The highest BCUT2D eigenvalue weighted by Crippen LogP contribution is 2.26. The molecule has 1 heterocycles. The van der Waals surface area contributed by atoms with Crippen molar-refractivity contribution in [2.45, 2.75) is 52.3 Å². The molecular formula is C13H22ClN3O. The van der Waals surface area contributed by atoms with Crippen LogP contribution in [0.4, 0.5) is 0 Å². The molecule has 2 rings (SSSR count). The van der Waals surface area contributed by atoms with Crippen LogP contribution in [0.15, 0.2) is 0 Å². The molecule has 0 atom stereocenters. The van der Waals surface area contributed by atoms with E-state index in [2.05, 4.69) is 24.3 Å². The summed E-state index contributed by atoms with van der Waals surface area (Å²) in [4.78, 5) is 0. The fourth-order valence-corrected chi connectivity index (χ4v) is 2.78. The predicted molar refractivity (Wildman–Crippen MR) is 72.7 cm³/mol. The maximum absolute atomic E-state index is 9.23. The molecule has 4 nitrogen and oxygen atoms in total. The topological polar surface area (TPSA) is 50.1 Å². The van der Waals surface area contributed by atoms with Crippen molar-refractivity contribution >= 4 is 11.6 Å². The number of aromatic nitrogens is 2. The zero-order valence-electron chi connectivity index (χ0n) is 11.1. The second kappa shape index (κ2) is 6.04. The van der Waals surface area contributed by atoms with Gasteiger partial charge < -0.3 is 10.4 Å². The molecule has 1 aliphatic rings. The molecular weight excluding hydrogens is 250 g/mol. The lowest BCUT2D eigenvalue weighted by Gasteiger charge is -2.31. The Bertz CT molecular complexity index is 399. The summed E-state index contributed by atoms with van der Waals surface area (Å²) < 4.78 is 1.98. The molecule has 0 aromatic carbocycles. The van der Waals surface area contributed by atoms with Gasteiger partial charge in [0.25, 0.3) is 0 Å². The summed E-state index contributed by atoms with van der Waals surface area (Å²) in [6.45, 7) is 6.70. The van der Waals surface area contributed by atoms with E-state index in [-0.39, 0.29) is 6.10 Å². The Balaban J connectivity index is 1.89. The second-order valence-electron chi connectivity index (χ2n) is 5.00. The Kier molecular flexibility index (Phi) is 4.65. The van der Waals surface area contributed by atoms with Gasteiger partial charge in [-0.3, -0.25) is 4.68 Å². The summed E-state index contributed by atoms with van der Waals surface area (Å²) in [7, 11) is 0. The van der Waals surface area contributed by atoms with E-state index in [1.807, 2.05) is 4.68 Å². The number of rotatable bonds is 6. The van der Waals surface area contributed by atoms with Gasteiger partial charge in [-0.1, -0.05) is 18.5 Å². The van der Waals surface area contributed by atoms with E-state index in [9.17, 15) is 5.11 Å². The highest BCUT2D eigenvalue weighted by molar-refractivity contribution is 6.31. The summed E-state index contributed by atoms with van der Waals surface area (Å²) in [5, 5.41) is 18.0. The van der Waals surface area contributed by atoms with Gasteiger partial charge in [0.15, 0.2) is 0 Å². The Hall–Kier alpha value is -0.580. The van der Waals surface area contributed by atoms with Crippen LogP contribution < -0.4 is 5.32 Å². The molecule has 2 N–H and O–H groups in total. The summed E-state index contributed by atoms with van der Waals surface area (Å²) in [5.41, 5.74) is 2.06. The zero-order valence-corrected chi connectivity index (χ0v) is 11.9. The summed E-state index contributed by atoms with van der Waals surface area (Å²) in [6, 6.07) is 0. The fourth-order valence-electron chi connectivity index (χ4n) is 2.45. The minimum Gasteiger partial charge on any atom is -0.393 e. The first-order chi connectivity index (χ1) is 8.65. The number of aliphatic hydroxyl groups excluding tert-OH is 1. The van der Waals surface area contributed by atoms with Gasteiger partial charge in [0.05, 0.1) is 22.5 Å². The Morgan fingerprint density at radius 2 is 2.17 bits per heavy atom. The van der Waals surface area contributed by atoms with Crippen LogP contribution in [-0.2, 0) is 19.5 Å². The first-order valence-corrected chi connectivity index (χ1v) is 7.16. The van der Waals surface area contributed by atoms with E-state index >= 15 is 0 Å². The third-order valence-corrected chi connectivity index (χ3v) is 4.07. The van der Waals surface area contributed by atoms with Gasteiger partial charge in [-0.05, 0) is 38.6 Å². The highest BCUT2D eigenvalue weighted by atomic mass is 35.5. The maximum atomic E-state index is 9.23. The second-order valence-corrected chi connectivity index (χ2v) is 5.38. The Morgan fingerprint density at radius 1 is 1.44 bits per heavy atom. The van der Waals surface area contributed by atoms with Gasteiger partial charge in [0.1, 0.15) is 0 Å². The largest absolute Gasteiger partial charge is 0.393 e. The van der Waals surface area contributed by atoms with Crippen LogP contribution in [0.3, 0.4) is 0 Å². The predicted octanol–water partition coefficient (Wildman–Crippen LogP) is 1.98. The molecule has 0 unspecified atom stereocenters. The van der Waals surface area contributed by atoms with Gasteiger partial charge in [0.2, 0.25) is 0 Å². The lowest BCUT2D eigenvalue weighted by Crippen LogP contribution is -2.36. The van der Waals surface area contributed by atoms with E-state index in [1.165, 1.54) is 0 Å². The monoisotopic (exact) mass is 271 g/mol. The van der Waals surface area contributed by atoms with Crippen LogP contribution >= 0.6 is 11.6 Å². The van der Waals surface area contributed by atoms with E-state index in [4.69, 9.17) is 11.6 Å². The van der Waals surface area contributed by atoms with Crippen molar-refractivity contribution in [3.63, 3.8) is 0 Å². The van der Waals surface area contributed by atoms with Crippen molar-refractivity contribution in [2.24, 2.45) is 5.92 Å². The van der Waals surface area contributed by atoms with Crippen molar-refractivity contribution in [3.8, 4) is 0 Å². The molecule has 18 heavy (non-hydrogen) atoms. The maximum Gasteiger partial charge on any atom is 0.0863 e.